The van der Waals surface area contributed by atoms with Crippen LogP contribution in [-0.4, -0.2) is 9.13 Å². The van der Waals surface area contributed by atoms with Gasteiger partial charge in [-0.1, -0.05) is 182 Å². The van der Waals surface area contributed by atoms with Crippen LogP contribution < -0.4 is 0 Å². The first-order chi connectivity index (χ1) is 31.3. The SMILES string of the molecule is C1=CCC(c2ccc3c(c2)c2ccc4c(c2n3-c2ccc(-c3ccccc3)cc2)C2(C3=C(C=CCC3)c3ccccc32)c2ccccc2-4)(n2c3ccccc3c3ccccc32)C=C1. The van der Waals surface area contributed by atoms with Crippen LogP contribution in [0.15, 0.2) is 224 Å². The molecule has 10 aromatic rings. The largest absolute Gasteiger partial charge is 0.326 e. The van der Waals surface area contributed by atoms with Gasteiger partial charge in [0.15, 0.2) is 0 Å². The maximum atomic E-state index is 2.61. The molecule has 2 atom stereocenters. The number of aromatic nitrogens is 2. The highest BCUT2D eigenvalue weighted by molar-refractivity contribution is 6.15. The topological polar surface area (TPSA) is 9.86 Å². The van der Waals surface area contributed by atoms with E-state index >= 15 is 0 Å². The fourth-order valence-corrected chi connectivity index (χ4v) is 12.4. The molecule has 0 fully saturated rings. The second kappa shape index (κ2) is 12.9. The van der Waals surface area contributed by atoms with Gasteiger partial charge in [-0.25, -0.2) is 0 Å². The Morgan fingerprint density at radius 2 is 1.16 bits per heavy atom. The second-order valence-electron chi connectivity index (χ2n) is 17.8. The Morgan fingerprint density at radius 3 is 1.92 bits per heavy atom. The van der Waals surface area contributed by atoms with E-state index in [4.69, 9.17) is 0 Å². The van der Waals surface area contributed by atoms with Gasteiger partial charge in [0.2, 0.25) is 0 Å². The third-order valence-corrected chi connectivity index (χ3v) is 14.9. The minimum absolute atomic E-state index is 0.415. The average Bonchev–Trinajstić information content (AvgIpc) is 4.07. The van der Waals surface area contributed by atoms with Gasteiger partial charge in [0.05, 0.1) is 33.0 Å². The predicted molar refractivity (Wildman–Crippen MR) is 263 cm³/mol. The quantitative estimate of drug-likeness (QED) is 0.168. The zero-order valence-corrected chi connectivity index (χ0v) is 34.8. The molecule has 8 aromatic carbocycles. The Hall–Kier alpha value is -7.68. The summed E-state index contributed by atoms with van der Waals surface area (Å²) < 4.78 is 5.23. The summed E-state index contributed by atoms with van der Waals surface area (Å²) in [5, 5.41) is 5.14. The molecule has 1 spiro atoms. The smallest absolute Gasteiger partial charge is 0.0924 e. The average molecular weight is 803 g/mol. The van der Waals surface area contributed by atoms with Crippen molar-refractivity contribution < 1.29 is 0 Å². The molecule has 14 rings (SSSR count). The normalized spacial score (nSPS) is 19.4. The Bertz CT molecular complexity index is 3640. The van der Waals surface area contributed by atoms with Crippen molar-refractivity contribution in [3.05, 3.63) is 252 Å². The maximum Gasteiger partial charge on any atom is 0.0924 e. The number of hydrogen-bond donors (Lipinski definition) is 0. The first-order valence-electron chi connectivity index (χ1n) is 22.5. The highest BCUT2D eigenvalue weighted by Gasteiger charge is 2.54. The van der Waals surface area contributed by atoms with Crippen LogP contribution in [0.25, 0.3) is 77.1 Å². The van der Waals surface area contributed by atoms with Crippen molar-refractivity contribution in [1.29, 1.82) is 0 Å². The summed E-state index contributed by atoms with van der Waals surface area (Å²) in [5.41, 5.74) is 20.3. The van der Waals surface area contributed by atoms with Crippen LogP contribution in [0.2, 0.25) is 0 Å². The van der Waals surface area contributed by atoms with E-state index in [0.717, 1.165) is 19.3 Å². The molecule has 63 heavy (non-hydrogen) atoms. The van der Waals surface area contributed by atoms with E-state index in [9.17, 15) is 0 Å². The summed E-state index contributed by atoms with van der Waals surface area (Å²) in [6, 6.07) is 68.7. The lowest BCUT2D eigenvalue weighted by molar-refractivity contribution is 0.478. The summed E-state index contributed by atoms with van der Waals surface area (Å²) in [7, 11) is 0. The van der Waals surface area contributed by atoms with E-state index in [1.54, 1.807) is 0 Å². The highest BCUT2D eigenvalue weighted by atomic mass is 15.1. The summed E-state index contributed by atoms with van der Waals surface area (Å²) in [5.74, 6) is 0. The van der Waals surface area contributed by atoms with Crippen LogP contribution in [0.3, 0.4) is 0 Å². The minimum atomic E-state index is -0.440. The molecule has 0 bridgehead atoms. The van der Waals surface area contributed by atoms with E-state index in [0.29, 0.717) is 0 Å². The maximum absolute atomic E-state index is 2.61. The third-order valence-electron chi connectivity index (χ3n) is 14.9. The molecule has 0 amide bonds. The van der Waals surface area contributed by atoms with Gasteiger partial charge >= 0.3 is 0 Å². The molecule has 296 valence electrons. The molecular formula is C61H42N2. The van der Waals surface area contributed by atoms with Crippen LogP contribution in [0.4, 0.5) is 0 Å². The van der Waals surface area contributed by atoms with Gasteiger partial charge in [0.1, 0.15) is 0 Å². The molecule has 4 aliphatic carbocycles. The highest BCUT2D eigenvalue weighted by Crippen LogP contribution is 2.65. The van der Waals surface area contributed by atoms with Gasteiger partial charge in [0.25, 0.3) is 0 Å². The summed E-state index contributed by atoms with van der Waals surface area (Å²) >= 11 is 0. The second-order valence-corrected chi connectivity index (χ2v) is 17.8. The molecular weight excluding hydrogens is 761 g/mol. The van der Waals surface area contributed by atoms with E-state index < -0.39 is 11.0 Å². The van der Waals surface area contributed by atoms with Gasteiger partial charge in [0, 0.05) is 32.8 Å². The molecule has 0 radical (unpaired) electrons. The van der Waals surface area contributed by atoms with Crippen LogP contribution in [-0.2, 0) is 11.0 Å². The zero-order chi connectivity index (χ0) is 41.3. The number of nitrogens with zero attached hydrogens (tertiary/aromatic N) is 2. The predicted octanol–water partition coefficient (Wildman–Crippen LogP) is 15.3. The van der Waals surface area contributed by atoms with Crippen LogP contribution in [0.5, 0.6) is 0 Å². The summed E-state index contributed by atoms with van der Waals surface area (Å²) in [6.45, 7) is 0. The van der Waals surface area contributed by atoms with Crippen molar-refractivity contribution in [2.45, 2.75) is 30.2 Å². The summed E-state index contributed by atoms with van der Waals surface area (Å²) in [6.07, 6.45) is 17.0. The van der Waals surface area contributed by atoms with Crippen LogP contribution in [0, 0.1) is 0 Å². The van der Waals surface area contributed by atoms with Crippen molar-refractivity contribution in [2.75, 3.05) is 0 Å². The molecule has 2 aromatic heterocycles. The first kappa shape index (κ1) is 35.0. The summed E-state index contributed by atoms with van der Waals surface area (Å²) in [4.78, 5) is 0. The lowest BCUT2D eigenvalue weighted by Gasteiger charge is -2.36. The minimum Gasteiger partial charge on any atom is -0.326 e. The molecule has 0 saturated carbocycles. The third kappa shape index (κ3) is 4.52. The van der Waals surface area contributed by atoms with E-state index in [1.807, 2.05) is 0 Å². The van der Waals surface area contributed by atoms with Gasteiger partial charge in [-0.15, -0.1) is 0 Å². The van der Waals surface area contributed by atoms with Crippen molar-refractivity contribution >= 4 is 49.2 Å². The van der Waals surface area contributed by atoms with Gasteiger partial charge in [-0.2, -0.15) is 0 Å². The number of rotatable bonds is 4. The Balaban J connectivity index is 1.11. The molecule has 0 saturated heterocycles. The molecule has 2 unspecified atom stereocenters. The van der Waals surface area contributed by atoms with Crippen molar-refractivity contribution in [3.8, 4) is 27.9 Å². The molecule has 2 nitrogen and oxygen atoms in total. The van der Waals surface area contributed by atoms with Crippen molar-refractivity contribution in [2.24, 2.45) is 0 Å². The molecule has 4 aliphatic rings. The molecule has 2 heteroatoms. The van der Waals surface area contributed by atoms with Crippen molar-refractivity contribution in [3.63, 3.8) is 0 Å². The number of benzene rings is 8. The lowest BCUT2D eigenvalue weighted by atomic mass is 9.67. The van der Waals surface area contributed by atoms with Crippen molar-refractivity contribution in [1.82, 2.24) is 9.13 Å². The van der Waals surface area contributed by atoms with Crippen LogP contribution in [0.1, 0.15) is 47.1 Å². The van der Waals surface area contributed by atoms with E-state index in [2.05, 4.69) is 228 Å². The number of allylic oxidation sites excluding steroid dienone is 8. The molecule has 0 N–H and O–H groups in total. The fourth-order valence-electron chi connectivity index (χ4n) is 12.4. The molecule has 2 heterocycles. The fraction of sp³-hybridized carbons (Fsp3) is 0.0820. The standard InChI is InChI=1S/C61H42N2/c1-3-17-40(18-4-1)41-29-32-43(33-30-41)62-55-36-31-42(60(37-15-2-16-38-60)63-56-27-13-8-22-47(56)48-23-9-14-28-57(48)63)39-51(55)50-35-34-49-46-21-7-12-26-54(46)61(58(49)59(50)62)52-24-10-5-19-44(52)45-20-6-11-25-53(45)61/h1-10,12-24,26-37,39H,11,25,38H2. The number of para-hydroxylation sites is 2. The van der Waals surface area contributed by atoms with Crippen LogP contribution >= 0.6 is 0 Å². The van der Waals surface area contributed by atoms with E-state index in [1.165, 1.54) is 111 Å². The lowest BCUT2D eigenvalue weighted by Crippen LogP contribution is -2.33. The monoisotopic (exact) mass is 802 g/mol. The van der Waals surface area contributed by atoms with Gasteiger partial charge in [-0.3, -0.25) is 0 Å². The number of hydrogen-bond acceptors (Lipinski definition) is 0. The van der Waals surface area contributed by atoms with Gasteiger partial charge in [-0.05, 0) is 111 Å². The molecule has 0 aliphatic heterocycles. The Labute approximate surface area is 366 Å². The first-order valence-corrected chi connectivity index (χ1v) is 22.5. The number of fused-ring (bicyclic) bond motifs is 16. The Morgan fingerprint density at radius 1 is 0.476 bits per heavy atom. The zero-order valence-electron chi connectivity index (χ0n) is 34.8. The Kier molecular flexibility index (Phi) is 7.17. The van der Waals surface area contributed by atoms with Gasteiger partial charge < -0.3 is 9.13 Å². The van der Waals surface area contributed by atoms with E-state index in [-0.39, 0.29) is 0 Å².